The Morgan fingerprint density at radius 2 is 1.23 bits per heavy atom. The van der Waals surface area contributed by atoms with Gasteiger partial charge in [-0.3, -0.25) is 9.59 Å². The summed E-state index contributed by atoms with van der Waals surface area (Å²) in [6.45, 7) is -2.42. The summed E-state index contributed by atoms with van der Waals surface area (Å²) in [6.07, 6.45) is -27.6. The Morgan fingerprint density at radius 1 is 0.633 bits per heavy atom. The number of benzene rings is 2. The summed E-state index contributed by atoms with van der Waals surface area (Å²) in [7, 11) is 0. The van der Waals surface area contributed by atoms with Crippen LogP contribution >= 0.6 is 0 Å². The van der Waals surface area contributed by atoms with E-state index in [4.69, 9.17) is 42.7 Å². The van der Waals surface area contributed by atoms with Crippen LogP contribution < -0.4 is 9.47 Å². The lowest BCUT2D eigenvalue weighted by Crippen LogP contribution is -2.65. The van der Waals surface area contributed by atoms with Gasteiger partial charge in [-0.05, 0) is 12.1 Å². The van der Waals surface area contributed by atoms with E-state index in [2.05, 4.69) is 0 Å². The van der Waals surface area contributed by atoms with Gasteiger partial charge in [0.2, 0.25) is 18.3 Å². The zero-order valence-corrected chi connectivity index (χ0v) is 30.8. The first-order valence-corrected chi connectivity index (χ1v) is 18.1. The summed E-state index contributed by atoms with van der Waals surface area (Å²) in [5.74, 6) is -5.34. The summed E-state index contributed by atoms with van der Waals surface area (Å²) in [4.78, 5) is 23.0. The van der Waals surface area contributed by atoms with Crippen LogP contribution in [0.4, 0.5) is 0 Å². The quantitative estimate of drug-likeness (QED) is 0.0439. The number of fused-ring (bicyclic) bond motifs is 1. The number of carbonyl (C=O) groups excluding carboxylic acids is 1. The van der Waals surface area contributed by atoms with Gasteiger partial charge in [0, 0.05) is 18.2 Å². The third-order valence-electron chi connectivity index (χ3n) is 9.87. The summed E-state index contributed by atoms with van der Waals surface area (Å²) in [5.41, 5.74) is -0.162. The number of aliphatic hydroxyl groups excluding tert-OH is 10. The van der Waals surface area contributed by atoms with Crippen LogP contribution in [-0.4, -0.2) is 195 Å². The number of hydrogen-bond donors (Lipinski definition) is 14. The van der Waals surface area contributed by atoms with Crippen LogP contribution in [0.2, 0.25) is 0 Å². The van der Waals surface area contributed by atoms with Crippen molar-refractivity contribution in [3.05, 3.63) is 36.4 Å². The summed E-state index contributed by atoms with van der Waals surface area (Å²) < 4.78 is 44.0. The molecule has 0 saturated carbocycles. The van der Waals surface area contributed by atoms with Crippen LogP contribution in [0.1, 0.15) is 6.42 Å². The largest absolute Gasteiger partial charge is 0.507 e. The number of rotatable bonds is 13. The molecule has 60 heavy (non-hydrogen) atoms. The summed E-state index contributed by atoms with van der Waals surface area (Å²) in [5, 5.41) is 144. The number of carboxylic acids is 1. The SMILES string of the molecule is O=C(O)CC(=O)OC[C@H]1O[C@@H](Oc2cc(O)c3cc(O)c(-c4ccc(O[C@@H]5O[C@H](CO)[C@@H](O)[C@H](O)[C@H]5O)c(O)c4)[o+]c3c2)[C@H](O)[C@@H](O[C@@H]2O[C@H](CO)[C@@H](O)[C@H](O)[C@H]2O)[C@@H]1O. The number of aliphatic carboxylic acids is 1. The van der Waals surface area contributed by atoms with E-state index in [1.165, 1.54) is 12.1 Å². The fourth-order valence-electron chi connectivity index (χ4n) is 6.62. The fraction of sp³-hybridized carbons (Fsp3) is 0.528. The summed E-state index contributed by atoms with van der Waals surface area (Å²) in [6, 6.07) is 6.80. The van der Waals surface area contributed by atoms with Crippen molar-refractivity contribution in [3.8, 4) is 40.1 Å². The zero-order valence-electron chi connectivity index (χ0n) is 30.8. The molecular formula is C36H43O24+. The molecule has 3 aliphatic rings. The normalized spacial score (nSPS) is 34.5. The highest BCUT2D eigenvalue weighted by Gasteiger charge is 2.52. The lowest BCUT2D eigenvalue weighted by molar-refractivity contribution is -0.353. The van der Waals surface area contributed by atoms with Gasteiger partial charge in [0.15, 0.2) is 17.8 Å². The molecule has 14 N–H and O–H groups in total. The molecule has 15 atom stereocenters. The highest BCUT2D eigenvalue weighted by atomic mass is 16.7. The Hall–Kier alpha value is -4.77. The number of esters is 1. The number of aromatic hydroxyl groups is 3. The number of phenolic OH excluding ortho intramolecular Hbond substituents is 2. The Balaban J connectivity index is 1.25. The van der Waals surface area contributed by atoms with Gasteiger partial charge in [-0.2, -0.15) is 0 Å². The molecule has 3 aliphatic heterocycles. The van der Waals surface area contributed by atoms with Crippen LogP contribution in [0.5, 0.6) is 28.7 Å². The molecule has 1 aromatic heterocycles. The van der Waals surface area contributed by atoms with E-state index in [0.29, 0.717) is 0 Å². The van der Waals surface area contributed by atoms with E-state index >= 15 is 0 Å². The van der Waals surface area contributed by atoms with Crippen molar-refractivity contribution < 1.29 is 119 Å². The van der Waals surface area contributed by atoms with Crippen molar-refractivity contribution in [2.45, 2.75) is 98.5 Å². The second-order valence-corrected chi connectivity index (χ2v) is 14.0. The molecule has 0 spiro atoms. The average molecular weight is 860 g/mol. The molecule has 0 aliphatic carbocycles. The van der Waals surface area contributed by atoms with E-state index in [1.807, 2.05) is 0 Å². The highest BCUT2D eigenvalue weighted by Crippen LogP contribution is 2.42. The minimum atomic E-state index is -2.03. The molecule has 2 aromatic carbocycles. The predicted molar refractivity (Wildman–Crippen MR) is 189 cm³/mol. The maximum absolute atomic E-state index is 12.0. The van der Waals surface area contributed by atoms with Crippen molar-refractivity contribution in [3.63, 3.8) is 0 Å². The molecule has 24 heteroatoms. The van der Waals surface area contributed by atoms with Crippen LogP contribution in [0.3, 0.4) is 0 Å². The average Bonchev–Trinajstić information content (AvgIpc) is 3.20. The molecule has 3 fully saturated rings. The lowest BCUT2D eigenvalue weighted by Gasteiger charge is -2.45. The monoisotopic (exact) mass is 859 g/mol. The van der Waals surface area contributed by atoms with Gasteiger partial charge in [0.25, 0.3) is 0 Å². The minimum absolute atomic E-state index is 0.0207. The number of hydrogen-bond acceptors (Lipinski definition) is 22. The van der Waals surface area contributed by atoms with Gasteiger partial charge < -0.3 is 105 Å². The molecule has 4 heterocycles. The van der Waals surface area contributed by atoms with Gasteiger partial charge in [-0.25, -0.2) is 4.42 Å². The van der Waals surface area contributed by atoms with E-state index in [9.17, 15) is 76.0 Å². The van der Waals surface area contributed by atoms with E-state index < -0.39 is 148 Å². The van der Waals surface area contributed by atoms with Gasteiger partial charge in [-0.15, -0.1) is 0 Å². The van der Waals surface area contributed by atoms with E-state index in [1.54, 1.807) is 0 Å². The van der Waals surface area contributed by atoms with Gasteiger partial charge >= 0.3 is 23.3 Å². The maximum atomic E-state index is 12.0. The molecule has 3 saturated heterocycles. The highest BCUT2D eigenvalue weighted by molar-refractivity contribution is 5.90. The number of aliphatic hydroxyl groups is 10. The smallest absolute Gasteiger partial charge is 0.402 e. The number of phenols is 2. The zero-order chi connectivity index (χ0) is 43.7. The topological polar surface area (TPSA) is 393 Å². The molecule has 0 bridgehead atoms. The molecule has 0 amide bonds. The third-order valence-corrected chi connectivity index (χ3v) is 9.87. The van der Waals surface area contributed by atoms with Crippen molar-refractivity contribution in [1.82, 2.24) is 0 Å². The molecule has 6 rings (SSSR count). The third kappa shape index (κ3) is 9.26. The van der Waals surface area contributed by atoms with Gasteiger partial charge in [-0.1, -0.05) is 0 Å². The van der Waals surface area contributed by atoms with Crippen molar-refractivity contribution in [1.29, 1.82) is 0 Å². The maximum Gasteiger partial charge on any atom is 0.402 e. The van der Waals surface area contributed by atoms with Crippen molar-refractivity contribution in [2.24, 2.45) is 0 Å². The van der Waals surface area contributed by atoms with Crippen molar-refractivity contribution >= 4 is 22.9 Å². The van der Waals surface area contributed by atoms with Crippen LogP contribution in [0.15, 0.2) is 40.8 Å². The Bertz CT molecular complexity index is 1990. The van der Waals surface area contributed by atoms with Crippen LogP contribution in [0, 0.1) is 0 Å². The summed E-state index contributed by atoms with van der Waals surface area (Å²) >= 11 is 0. The molecule has 0 unspecified atom stereocenters. The predicted octanol–water partition coefficient (Wildman–Crippen LogP) is -4.30. The number of carboxylic acid groups (broad SMARTS) is 1. The van der Waals surface area contributed by atoms with Crippen molar-refractivity contribution in [2.75, 3.05) is 19.8 Å². The standard InChI is InChI=1S/C36H42O24/c37-8-19-24(45)27(48)29(50)34(57-19)56-17-2-1-11(3-15(17)40)32-16(41)6-13-14(39)4-12(5-18(13)55-32)54-36-31(52)33(26(47)21(59-36)10-53-23(44)7-22(42)43)60-35-30(51)28(49)25(46)20(9-38)58-35/h1-6,19-21,24-31,33-38,45-52H,7-10H2,(H3-,39,40,41,42,43)/p+1/t19-,20-,21-,24-,25-,26-,27+,28+,29-,30-,31-,33+,34-,35+,36-/m1/s1. The van der Waals surface area contributed by atoms with Gasteiger partial charge in [0.05, 0.1) is 24.8 Å². The number of carbonyl (C=O) groups is 2. The molecular weight excluding hydrogens is 816 g/mol. The molecule has 3 aromatic rings. The van der Waals surface area contributed by atoms with E-state index in [-0.39, 0.29) is 33.8 Å². The lowest BCUT2D eigenvalue weighted by atomic mass is 9.97. The van der Waals surface area contributed by atoms with Crippen LogP contribution in [-0.2, 0) is 33.3 Å². The van der Waals surface area contributed by atoms with E-state index in [0.717, 1.165) is 24.3 Å². The Morgan fingerprint density at radius 3 is 1.85 bits per heavy atom. The molecule has 0 radical (unpaired) electrons. The Labute approximate surface area is 336 Å². The molecule has 330 valence electrons. The second kappa shape index (κ2) is 18.5. The number of ether oxygens (including phenoxy) is 7. The van der Waals surface area contributed by atoms with Gasteiger partial charge in [0.1, 0.15) is 103 Å². The first kappa shape index (κ1) is 44.8. The second-order valence-electron chi connectivity index (χ2n) is 14.0. The Kier molecular flexibility index (Phi) is 13.8. The van der Waals surface area contributed by atoms with Crippen LogP contribution in [0.25, 0.3) is 22.3 Å². The minimum Gasteiger partial charge on any atom is -0.507 e. The molecule has 24 nitrogen and oxygen atoms in total. The fourth-order valence-corrected chi connectivity index (χ4v) is 6.62. The first-order chi connectivity index (χ1) is 28.4. The first-order valence-electron chi connectivity index (χ1n) is 18.1.